The van der Waals surface area contributed by atoms with Gasteiger partial charge in [0.25, 0.3) is 0 Å². The molecule has 0 radical (unpaired) electrons. The van der Waals surface area contributed by atoms with Crippen LogP contribution < -0.4 is 5.32 Å². The fourth-order valence-corrected chi connectivity index (χ4v) is 1.69. The van der Waals surface area contributed by atoms with Crippen LogP contribution >= 0.6 is 0 Å². The highest BCUT2D eigenvalue weighted by molar-refractivity contribution is 5.82. The van der Waals surface area contributed by atoms with Crippen LogP contribution in [0.5, 0.6) is 0 Å². The van der Waals surface area contributed by atoms with Crippen LogP contribution in [0, 0.1) is 18.8 Å². The molecule has 0 bridgehead atoms. The molecular weight excluding hydrogens is 226 g/mol. The van der Waals surface area contributed by atoms with Gasteiger partial charge in [0, 0.05) is 36.5 Å². The molecule has 0 saturated heterocycles. The molecule has 0 unspecified atom stereocenters. The van der Waals surface area contributed by atoms with E-state index in [1.54, 1.807) is 0 Å². The van der Waals surface area contributed by atoms with Crippen molar-refractivity contribution in [1.29, 1.82) is 0 Å². The van der Waals surface area contributed by atoms with Crippen molar-refractivity contribution in [2.45, 2.75) is 20.3 Å². The van der Waals surface area contributed by atoms with Gasteiger partial charge < -0.3 is 5.32 Å². The summed E-state index contributed by atoms with van der Waals surface area (Å²) in [5.41, 5.74) is 2.94. The van der Waals surface area contributed by atoms with E-state index in [0.717, 1.165) is 22.2 Å². The van der Waals surface area contributed by atoms with Crippen LogP contribution in [0.3, 0.4) is 0 Å². The summed E-state index contributed by atoms with van der Waals surface area (Å²) in [6.07, 6.45) is 0.650. The number of rotatable bonds is 2. The number of carbonyl (C=O) groups excluding carboxylic acids is 1. The van der Waals surface area contributed by atoms with Gasteiger partial charge in [-0.15, -0.1) is 0 Å². The van der Waals surface area contributed by atoms with Crippen LogP contribution in [0.15, 0.2) is 18.2 Å². The summed E-state index contributed by atoms with van der Waals surface area (Å²) in [7, 11) is 0. The maximum atomic E-state index is 10.7. The van der Waals surface area contributed by atoms with Gasteiger partial charge in [0.1, 0.15) is 0 Å². The average molecular weight is 241 g/mol. The first-order valence-corrected chi connectivity index (χ1v) is 5.85. The Kier molecular flexibility index (Phi) is 3.63. The molecule has 0 spiro atoms. The smallest absolute Gasteiger partial charge is 0.216 e. The first-order valence-electron chi connectivity index (χ1n) is 5.85. The van der Waals surface area contributed by atoms with Gasteiger partial charge in [0.05, 0.1) is 5.52 Å². The number of aromatic amines is 1. The lowest BCUT2D eigenvalue weighted by Crippen LogP contribution is -2.20. The van der Waals surface area contributed by atoms with Crippen LogP contribution in [0.4, 0.5) is 0 Å². The summed E-state index contributed by atoms with van der Waals surface area (Å²) in [6.45, 7) is 4.08. The maximum absolute atomic E-state index is 10.7. The minimum atomic E-state index is -0.0229. The van der Waals surface area contributed by atoms with E-state index in [9.17, 15) is 4.79 Å². The SMILES string of the molecule is CC(=O)NCCC#Cc1ccc2c(C)[nH]nc2c1. The Hall–Kier alpha value is -2.28. The van der Waals surface area contributed by atoms with Crippen LogP contribution in [0.25, 0.3) is 10.9 Å². The lowest BCUT2D eigenvalue weighted by molar-refractivity contribution is -0.118. The molecule has 4 nitrogen and oxygen atoms in total. The summed E-state index contributed by atoms with van der Waals surface area (Å²) in [6, 6.07) is 5.96. The van der Waals surface area contributed by atoms with Crippen molar-refractivity contribution < 1.29 is 4.79 Å². The van der Waals surface area contributed by atoms with Gasteiger partial charge in [-0.05, 0) is 25.1 Å². The monoisotopic (exact) mass is 241 g/mol. The Morgan fingerprint density at radius 3 is 3.11 bits per heavy atom. The lowest BCUT2D eigenvalue weighted by atomic mass is 10.1. The molecule has 1 aromatic heterocycles. The summed E-state index contributed by atoms with van der Waals surface area (Å²) < 4.78 is 0. The van der Waals surface area contributed by atoms with Crippen LogP contribution in [0.2, 0.25) is 0 Å². The normalized spacial score (nSPS) is 9.89. The largest absolute Gasteiger partial charge is 0.355 e. The molecule has 0 fully saturated rings. The number of carbonyl (C=O) groups is 1. The Balaban J connectivity index is 2.03. The third kappa shape index (κ3) is 2.89. The predicted molar refractivity (Wildman–Crippen MR) is 71.0 cm³/mol. The number of hydrogen-bond donors (Lipinski definition) is 2. The van der Waals surface area contributed by atoms with E-state index < -0.39 is 0 Å². The third-order valence-electron chi connectivity index (χ3n) is 2.60. The first-order chi connectivity index (χ1) is 8.66. The van der Waals surface area contributed by atoms with E-state index in [1.165, 1.54) is 6.92 Å². The highest BCUT2D eigenvalue weighted by Gasteiger charge is 2.00. The Bertz CT molecular complexity index is 631. The minimum absolute atomic E-state index is 0.0229. The van der Waals surface area contributed by atoms with Crippen LogP contribution in [-0.4, -0.2) is 22.6 Å². The Morgan fingerprint density at radius 2 is 2.33 bits per heavy atom. The van der Waals surface area contributed by atoms with Gasteiger partial charge in [-0.3, -0.25) is 9.89 Å². The van der Waals surface area contributed by atoms with Crippen LogP contribution in [-0.2, 0) is 4.79 Å². The fraction of sp³-hybridized carbons (Fsp3) is 0.286. The summed E-state index contributed by atoms with van der Waals surface area (Å²) >= 11 is 0. The fourth-order valence-electron chi connectivity index (χ4n) is 1.69. The van der Waals surface area contributed by atoms with Crippen molar-refractivity contribution in [3.05, 3.63) is 29.5 Å². The predicted octanol–water partition coefficient (Wildman–Crippen LogP) is 1.75. The van der Waals surface area contributed by atoms with Crippen molar-refractivity contribution in [2.24, 2.45) is 0 Å². The van der Waals surface area contributed by atoms with Gasteiger partial charge >= 0.3 is 0 Å². The highest BCUT2D eigenvalue weighted by Crippen LogP contribution is 2.15. The van der Waals surface area contributed by atoms with E-state index in [0.29, 0.717) is 13.0 Å². The van der Waals surface area contributed by atoms with Gasteiger partial charge in [-0.25, -0.2) is 0 Å². The summed E-state index contributed by atoms with van der Waals surface area (Å²) in [5.74, 6) is 6.07. The molecule has 1 heterocycles. The van der Waals surface area contributed by atoms with Gasteiger partial charge in [0.15, 0.2) is 0 Å². The van der Waals surface area contributed by atoms with E-state index in [2.05, 4.69) is 27.4 Å². The molecule has 4 heteroatoms. The lowest BCUT2D eigenvalue weighted by Gasteiger charge is -1.95. The first kappa shape index (κ1) is 12.2. The molecule has 1 aromatic carbocycles. The second-order valence-corrected chi connectivity index (χ2v) is 4.12. The van der Waals surface area contributed by atoms with Crippen molar-refractivity contribution in [3.8, 4) is 11.8 Å². The second kappa shape index (κ2) is 5.37. The molecular formula is C14H15N3O. The van der Waals surface area contributed by atoms with Crippen molar-refractivity contribution in [2.75, 3.05) is 6.54 Å². The minimum Gasteiger partial charge on any atom is -0.355 e. The highest BCUT2D eigenvalue weighted by atomic mass is 16.1. The number of amides is 1. The van der Waals surface area contributed by atoms with Crippen molar-refractivity contribution in [1.82, 2.24) is 15.5 Å². The quantitative estimate of drug-likeness (QED) is 0.621. The number of benzene rings is 1. The van der Waals surface area contributed by atoms with Gasteiger partial charge in [-0.1, -0.05) is 11.8 Å². The topological polar surface area (TPSA) is 57.8 Å². The van der Waals surface area contributed by atoms with E-state index in [4.69, 9.17) is 0 Å². The Labute approximate surface area is 106 Å². The number of H-pyrrole nitrogens is 1. The van der Waals surface area contributed by atoms with Crippen molar-refractivity contribution >= 4 is 16.8 Å². The summed E-state index contributed by atoms with van der Waals surface area (Å²) in [4.78, 5) is 10.7. The zero-order valence-corrected chi connectivity index (χ0v) is 10.5. The third-order valence-corrected chi connectivity index (χ3v) is 2.60. The number of aryl methyl sites for hydroxylation is 1. The zero-order valence-electron chi connectivity index (χ0n) is 10.5. The molecule has 2 N–H and O–H groups in total. The van der Waals surface area contributed by atoms with Gasteiger partial charge in [-0.2, -0.15) is 5.10 Å². The van der Waals surface area contributed by atoms with E-state index >= 15 is 0 Å². The average Bonchev–Trinajstić information content (AvgIpc) is 2.70. The standard InChI is InChI=1S/C14H15N3O/c1-10-13-7-6-12(9-14(13)17-16-10)5-3-4-8-15-11(2)18/h6-7,9H,4,8H2,1-2H3,(H,15,18)(H,16,17). The molecule has 2 aromatic rings. The molecule has 0 atom stereocenters. The maximum Gasteiger partial charge on any atom is 0.216 e. The molecule has 92 valence electrons. The van der Waals surface area contributed by atoms with Crippen LogP contribution in [0.1, 0.15) is 24.6 Å². The number of nitrogens with one attached hydrogen (secondary N) is 2. The molecule has 18 heavy (non-hydrogen) atoms. The Morgan fingerprint density at radius 1 is 1.50 bits per heavy atom. The number of nitrogens with zero attached hydrogens (tertiary/aromatic N) is 1. The molecule has 0 aliphatic heterocycles. The number of aromatic nitrogens is 2. The molecule has 1 amide bonds. The number of hydrogen-bond acceptors (Lipinski definition) is 2. The molecule has 0 saturated carbocycles. The number of fused-ring (bicyclic) bond motifs is 1. The molecule has 0 aliphatic rings. The van der Waals surface area contributed by atoms with Gasteiger partial charge in [0.2, 0.25) is 5.91 Å². The molecule has 2 rings (SSSR count). The molecule has 0 aliphatic carbocycles. The van der Waals surface area contributed by atoms with E-state index in [-0.39, 0.29) is 5.91 Å². The summed E-state index contributed by atoms with van der Waals surface area (Å²) in [5, 5.41) is 11.0. The van der Waals surface area contributed by atoms with E-state index in [1.807, 2.05) is 25.1 Å². The zero-order chi connectivity index (χ0) is 13.0. The second-order valence-electron chi connectivity index (χ2n) is 4.12. The van der Waals surface area contributed by atoms with Crippen molar-refractivity contribution in [3.63, 3.8) is 0 Å².